The zero-order chi connectivity index (χ0) is 29.8. The van der Waals surface area contributed by atoms with Crippen molar-refractivity contribution in [2.24, 2.45) is 5.10 Å². The first-order valence-corrected chi connectivity index (χ1v) is 15.3. The number of para-hydroxylation sites is 1. The van der Waals surface area contributed by atoms with Crippen LogP contribution >= 0.6 is 31.9 Å². The molecule has 0 aliphatic carbocycles. The normalized spacial score (nSPS) is 11.5. The third-order valence-corrected chi connectivity index (χ3v) is 7.89. The quantitative estimate of drug-likeness (QED) is 0.145. The molecule has 1 aromatic heterocycles. The second kappa shape index (κ2) is 13.0. The van der Waals surface area contributed by atoms with Crippen LogP contribution in [0.1, 0.15) is 48.9 Å². The van der Waals surface area contributed by atoms with E-state index < -0.39 is 0 Å². The maximum atomic E-state index is 13.9. The largest absolute Gasteiger partial charge is 0.494 e. The average molecular weight is 689 g/mol. The minimum atomic E-state index is -0.251. The van der Waals surface area contributed by atoms with Crippen LogP contribution in [-0.2, 0) is 6.61 Å². The lowest BCUT2D eigenvalue weighted by atomic mass is 9.96. The van der Waals surface area contributed by atoms with E-state index in [4.69, 9.17) is 19.6 Å². The van der Waals surface area contributed by atoms with Gasteiger partial charge >= 0.3 is 0 Å². The molecule has 0 saturated heterocycles. The lowest BCUT2D eigenvalue weighted by molar-refractivity contribution is 0.305. The van der Waals surface area contributed by atoms with Crippen LogP contribution in [0.2, 0.25) is 0 Å². The Balaban J connectivity index is 1.63. The molecular weight excluding hydrogens is 658 g/mol. The molecule has 0 atom stereocenters. The van der Waals surface area contributed by atoms with Gasteiger partial charge in [0.05, 0.1) is 23.7 Å². The Labute approximate surface area is 262 Å². The summed E-state index contributed by atoms with van der Waals surface area (Å²) in [5, 5.41) is 5.22. The minimum absolute atomic E-state index is 0.210. The predicted octanol–water partition coefficient (Wildman–Crippen LogP) is 8.88. The van der Waals surface area contributed by atoms with Crippen molar-refractivity contribution in [2.75, 3.05) is 6.61 Å². The molecular formula is C34H31Br2N3O3. The number of aryl methyl sites for hydroxylation is 1. The van der Waals surface area contributed by atoms with Crippen LogP contribution in [0.4, 0.5) is 0 Å². The SMILES string of the molecule is CCOc1cc(C)c(-c2nc3ccccc3c(=O)n2N=Cc2cc(Br)ccc2OCc2ccc(Br)cc2)cc1C(C)C. The van der Waals surface area contributed by atoms with Crippen LogP contribution in [-0.4, -0.2) is 22.5 Å². The lowest BCUT2D eigenvalue weighted by Crippen LogP contribution is -2.21. The highest BCUT2D eigenvalue weighted by molar-refractivity contribution is 9.10. The highest BCUT2D eigenvalue weighted by Crippen LogP contribution is 2.34. The van der Waals surface area contributed by atoms with Crippen LogP contribution in [0.15, 0.2) is 97.7 Å². The summed E-state index contributed by atoms with van der Waals surface area (Å²) >= 11 is 7.03. The maximum Gasteiger partial charge on any atom is 0.282 e. The number of fused-ring (bicyclic) bond motifs is 1. The van der Waals surface area contributed by atoms with Crippen molar-refractivity contribution in [3.63, 3.8) is 0 Å². The molecule has 8 heteroatoms. The number of hydrogen-bond donors (Lipinski definition) is 0. The Morgan fingerprint density at radius 2 is 1.67 bits per heavy atom. The first-order valence-electron chi connectivity index (χ1n) is 13.8. The molecule has 4 aromatic carbocycles. The number of halogens is 2. The van der Waals surface area contributed by atoms with E-state index in [0.717, 1.165) is 42.5 Å². The van der Waals surface area contributed by atoms with Crippen LogP contribution in [0, 0.1) is 6.92 Å². The fraction of sp³-hybridized carbons (Fsp3) is 0.206. The van der Waals surface area contributed by atoms with Gasteiger partial charge in [0, 0.05) is 20.1 Å². The molecule has 1 heterocycles. The first-order chi connectivity index (χ1) is 20.2. The van der Waals surface area contributed by atoms with Gasteiger partial charge in [-0.3, -0.25) is 4.79 Å². The zero-order valence-electron chi connectivity index (χ0n) is 23.9. The molecule has 5 rings (SSSR count). The van der Waals surface area contributed by atoms with Crippen LogP contribution in [0.25, 0.3) is 22.3 Å². The molecule has 0 unspecified atom stereocenters. The van der Waals surface area contributed by atoms with Gasteiger partial charge in [0.2, 0.25) is 0 Å². The van der Waals surface area contributed by atoms with Gasteiger partial charge in [0.25, 0.3) is 5.56 Å². The van der Waals surface area contributed by atoms with Crippen molar-refractivity contribution >= 4 is 49.0 Å². The summed E-state index contributed by atoms with van der Waals surface area (Å²) in [6, 6.07) is 25.1. The zero-order valence-corrected chi connectivity index (χ0v) is 27.1. The molecule has 0 N–H and O–H groups in total. The predicted molar refractivity (Wildman–Crippen MR) is 177 cm³/mol. The second-order valence-electron chi connectivity index (χ2n) is 10.2. The molecule has 0 spiro atoms. The van der Waals surface area contributed by atoms with Crippen LogP contribution in [0.3, 0.4) is 0 Å². The van der Waals surface area contributed by atoms with Gasteiger partial charge in [-0.25, -0.2) is 4.98 Å². The van der Waals surface area contributed by atoms with E-state index in [9.17, 15) is 4.79 Å². The van der Waals surface area contributed by atoms with Gasteiger partial charge in [-0.1, -0.05) is 70.0 Å². The topological polar surface area (TPSA) is 65.7 Å². The molecule has 214 valence electrons. The summed E-state index contributed by atoms with van der Waals surface area (Å²) in [4.78, 5) is 18.8. The fourth-order valence-electron chi connectivity index (χ4n) is 4.69. The highest BCUT2D eigenvalue weighted by Gasteiger charge is 2.19. The number of benzene rings is 4. The van der Waals surface area contributed by atoms with E-state index in [-0.39, 0.29) is 11.5 Å². The van der Waals surface area contributed by atoms with E-state index in [2.05, 4.69) is 51.8 Å². The van der Waals surface area contributed by atoms with Crippen molar-refractivity contribution in [1.82, 2.24) is 9.66 Å². The molecule has 0 bridgehead atoms. The van der Waals surface area contributed by atoms with Gasteiger partial charge in [-0.05, 0) is 91.1 Å². The summed E-state index contributed by atoms with van der Waals surface area (Å²) in [5.74, 6) is 2.16. The third-order valence-electron chi connectivity index (χ3n) is 6.87. The van der Waals surface area contributed by atoms with E-state index in [1.807, 2.05) is 80.6 Å². The molecule has 42 heavy (non-hydrogen) atoms. The molecule has 0 amide bonds. The molecule has 0 fully saturated rings. The average Bonchev–Trinajstić information content (AvgIpc) is 2.97. The molecule has 0 saturated carbocycles. The van der Waals surface area contributed by atoms with Gasteiger partial charge in [-0.15, -0.1) is 0 Å². The van der Waals surface area contributed by atoms with E-state index in [0.29, 0.717) is 35.7 Å². The monoisotopic (exact) mass is 687 g/mol. The van der Waals surface area contributed by atoms with Gasteiger partial charge in [-0.2, -0.15) is 9.78 Å². The van der Waals surface area contributed by atoms with E-state index in [1.54, 1.807) is 12.3 Å². The molecule has 0 aliphatic rings. The number of nitrogens with zero attached hydrogens (tertiary/aromatic N) is 3. The molecule has 0 radical (unpaired) electrons. The van der Waals surface area contributed by atoms with Crippen LogP contribution in [0.5, 0.6) is 11.5 Å². The molecule has 0 aliphatic heterocycles. The van der Waals surface area contributed by atoms with Crippen molar-refractivity contribution in [3.05, 3.63) is 120 Å². The van der Waals surface area contributed by atoms with Crippen LogP contribution < -0.4 is 15.0 Å². The first kappa shape index (κ1) is 29.7. The Hall–Kier alpha value is -3.75. The second-order valence-corrected chi connectivity index (χ2v) is 12.0. The van der Waals surface area contributed by atoms with E-state index >= 15 is 0 Å². The van der Waals surface area contributed by atoms with Crippen molar-refractivity contribution in [1.29, 1.82) is 0 Å². The maximum absolute atomic E-state index is 13.9. The standard InChI is InChI=1S/C34H31Br2N3O3/c1-5-41-32-16-22(4)29(18-28(32)21(2)3)33-38-30-9-7-6-8-27(30)34(40)39(33)37-19-24-17-26(36)14-15-31(24)42-20-23-10-12-25(35)13-11-23/h6-19,21H,5,20H2,1-4H3. The number of aromatic nitrogens is 2. The lowest BCUT2D eigenvalue weighted by Gasteiger charge is -2.18. The Morgan fingerprint density at radius 3 is 2.40 bits per heavy atom. The summed E-state index contributed by atoms with van der Waals surface area (Å²) in [6.45, 7) is 9.18. The molecule has 5 aromatic rings. The highest BCUT2D eigenvalue weighted by atomic mass is 79.9. The summed E-state index contributed by atoms with van der Waals surface area (Å²) in [6.07, 6.45) is 1.65. The smallest absolute Gasteiger partial charge is 0.282 e. The Morgan fingerprint density at radius 1 is 0.929 bits per heavy atom. The minimum Gasteiger partial charge on any atom is -0.494 e. The van der Waals surface area contributed by atoms with E-state index in [1.165, 1.54) is 4.68 Å². The van der Waals surface area contributed by atoms with Gasteiger partial charge in [0.1, 0.15) is 18.1 Å². The number of rotatable bonds is 9. The summed E-state index contributed by atoms with van der Waals surface area (Å²) in [7, 11) is 0. The van der Waals surface area contributed by atoms with Gasteiger partial charge < -0.3 is 9.47 Å². The number of hydrogen-bond acceptors (Lipinski definition) is 5. The third kappa shape index (κ3) is 6.50. The van der Waals surface area contributed by atoms with Gasteiger partial charge in [0.15, 0.2) is 5.82 Å². The Kier molecular flexibility index (Phi) is 9.24. The van der Waals surface area contributed by atoms with Crippen molar-refractivity contribution in [2.45, 2.75) is 40.2 Å². The fourth-order valence-corrected chi connectivity index (χ4v) is 5.33. The van der Waals surface area contributed by atoms with Crippen molar-refractivity contribution in [3.8, 4) is 22.9 Å². The molecule has 6 nitrogen and oxygen atoms in total. The Bertz CT molecular complexity index is 1830. The number of ether oxygens (including phenoxy) is 2. The summed E-state index contributed by atoms with van der Waals surface area (Å²) in [5.41, 5.74) is 4.93. The van der Waals surface area contributed by atoms with Crippen molar-refractivity contribution < 1.29 is 9.47 Å². The summed E-state index contributed by atoms with van der Waals surface area (Å²) < 4.78 is 15.4.